The molecular weight excluding hydrogens is 440 g/mol. The third kappa shape index (κ3) is 7.01. The number of anilines is 2. The van der Waals surface area contributed by atoms with Crippen molar-refractivity contribution in [3.05, 3.63) is 64.6 Å². The third-order valence-electron chi connectivity index (χ3n) is 4.87. The van der Waals surface area contributed by atoms with Gasteiger partial charge in [0.05, 0.1) is 18.4 Å². The van der Waals surface area contributed by atoms with Crippen molar-refractivity contribution in [2.24, 2.45) is 5.92 Å². The lowest BCUT2D eigenvalue weighted by Gasteiger charge is -2.22. The normalized spacial score (nSPS) is 10.8. The molecule has 3 amide bonds. The molecule has 0 bridgehead atoms. The zero-order chi connectivity index (χ0) is 24.0. The Balaban J connectivity index is 1.56. The van der Waals surface area contributed by atoms with E-state index in [9.17, 15) is 14.4 Å². The van der Waals surface area contributed by atoms with Crippen molar-refractivity contribution in [2.75, 3.05) is 23.7 Å². The fraction of sp³-hybridized carbons (Fsp3) is 0.333. The Morgan fingerprint density at radius 1 is 1.09 bits per heavy atom. The molecule has 0 spiro atoms. The summed E-state index contributed by atoms with van der Waals surface area (Å²) in [6, 6.07) is 8.95. The molecule has 3 rings (SSSR count). The summed E-state index contributed by atoms with van der Waals surface area (Å²) in [7, 11) is 0. The molecule has 8 nitrogen and oxygen atoms in total. The standard InChI is InChI=1S/C24H28N4O4S/c1-15(2)12-28(23(31)20-6-5-9-32-20)13-22(30)27-24-26-19(14-33-24)11-21(29)25-18-8-7-16(3)17(4)10-18/h5-10,14-15H,11-13H2,1-4H3,(H,25,29)(H,26,27,30). The molecule has 9 heteroatoms. The zero-order valence-corrected chi connectivity index (χ0v) is 20.0. The highest BCUT2D eigenvalue weighted by molar-refractivity contribution is 7.13. The molecule has 0 unspecified atom stereocenters. The summed E-state index contributed by atoms with van der Waals surface area (Å²) in [6.45, 7) is 8.23. The molecule has 33 heavy (non-hydrogen) atoms. The molecular formula is C24H28N4O4S. The van der Waals surface area contributed by atoms with Crippen LogP contribution in [-0.4, -0.2) is 40.7 Å². The van der Waals surface area contributed by atoms with Crippen LogP contribution >= 0.6 is 11.3 Å². The summed E-state index contributed by atoms with van der Waals surface area (Å²) in [5.74, 6) is -0.523. The quantitative estimate of drug-likeness (QED) is 0.488. The van der Waals surface area contributed by atoms with Crippen LogP contribution in [-0.2, 0) is 16.0 Å². The Morgan fingerprint density at radius 2 is 1.88 bits per heavy atom. The van der Waals surface area contributed by atoms with Crippen LogP contribution in [0.2, 0.25) is 0 Å². The highest BCUT2D eigenvalue weighted by atomic mass is 32.1. The van der Waals surface area contributed by atoms with E-state index in [-0.39, 0.29) is 42.4 Å². The number of nitrogens with one attached hydrogen (secondary N) is 2. The van der Waals surface area contributed by atoms with Crippen molar-refractivity contribution in [3.8, 4) is 0 Å². The molecule has 2 N–H and O–H groups in total. The first kappa shape index (κ1) is 24.2. The summed E-state index contributed by atoms with van der Waals surface area (Å²) < 4.78 is 5.18. The lowest BCUT2D eigenvalue weighted by atomic mass is 10.1. The lowest BCUT2D eigenvalue weighted by molar-refractivity contribution is -0.117. The fourth-order valence-corrected chi connectivity index (χ4v) is 3.91. The Labute approximate surface area is 197 Å². The highest BCUT2D eigenvalue weighted by Gasteiger charge is 2.22. The molecule has 0 fully saturated rings. The second-order valence-corrected chi connectivity index (χ2v) is 9.13. The fourth-order valence-electron chi connectivity index (χ4n) is 3.18. The van der Waals surface area contributed by atoms with Gasteiger partial charge >= 0.3 is 0 Å². The Morgan fingerprint density at radius 3 is 2.55 bits per heavy atom. The van der Waals surface area contributed by atoms with Crippen LogP contribution in [0.1, 0.15) is 41.2 Å². The number of benzene rings is 1. The van der Waals surface area contributed by atoms with Crippen molar-refractivity contribution in [1.82, 2.24) is 9.88 Å². The van der Waals surface area contributed by atoms with Gasteiger partial charge in [0.25, 0.3) is 5.91 Å². The summed E-state index contributed by atoms with van der Waals surface area (Å²) in [4.78, 5) is 43.3. The number of aryl methyl sites for hydroxylation is 2. The topological polar surface area (TPSA) is 105 Å². The van der Waals surface area contributed by atoms with Crippen molar-refractivity contribution in [3.63, 3.8) is 0 Å². The van der Waals surface area contributed by atoms with Gasteiger partial charge in [-0.1, -0.05) is 19.9 Å². The largest absolute Gasteiger partial charge is 0.459 e. The number of carbonyl (C=O) groups excluding carboxylic acids is 3. The monoisotopic (exact) mass is 468 g/mol. The number of carbonyl (C=O) groups is 3. The molecule has 3 aromatic rings. The first-order chi connectivity index (χ1) is 15.7. The van der Waals surface area contributed by atoms with E-state index in [1.807, 2.05) is 45.9 Å². The molecule has 0 saturated carbocycles. The third-order valence-corrected chi connectivity index (χ3v) is 5.68. The van der Waals surface area contributed by atoms with Crippen LogP contribution in [0.5, 0.6) is 0 Å². The van der Waals surface area contributed by atoms with Gasteiger partial charge in [0, 0.05) is 17.6 Å². The number of furan rings is 1. The minimum Gasteiger partial charge on any atom is -0.459 e. The molecule has 0 atom stereocenters. The predicted octanol–water partition coefficient (Wildman–Crippen LogP) is 4.27. The number of amides is 3. The maximum atomic E-state index is 12.6. The minimum atomic E-state index is -0.365. The van der Waals surface area contributed by atoms with Crippen molar-refractivity contribution < 1.29 is 18.8 Å². The minimum absolute atomic E-state index is 0.0930. The molecule has 174 valence electrons. The summed E-state index contributed by atoms with van der Waals surface area (Å²) in [5, 5.41) is 7.69. The van der Waals surface area contributed by atoms with Crippen molar-refractivity contribution in [1.29, 1.82) is 0 Å². The number of rotatable bonds is 9. The van der Waals surface area contributed by atoms with E-state index < -0.39 is 0 Å². The second kappa shape index (κ2) is 10.9. The molecule has 0 saturated heterocycles. The highest BCUT2D eigenvalue weighted by Crippen LogP contribution is 2.18. The van der Waals surface area contributed by atoms with Crippen LogP contribution in [0, 0.1) is 19.8 Å². The van der Waals surface area contributed by atoms with Gasteiger partial charge < -0.3 is 20.0 Å². The van der Waals surface area contributed by atoms with Crippen molar-refractivity contribution in [2.45, 2.75) is 34.1 Å². The number of hydrogen-bond acceptors (Lipinski definition) is 6. The Kier molecular flexibility index (Phi) is 8.00. The predicted molar refractivity (Wildman–Crippen MR) is 128 cm³/mol. The van der Waals surface area contributed by atoms with Gasteiger partial charge in [-0.3, -0.25) is 14.4 Å². The summed E-state index contributed by atoms with van der Waals surface area (Å²) >= 11 is 1.23. The maximum absolute atomic E-state index is 12.6. The van der Waals surface area contributed by atoms with E-state index >= 15 is 0 Å². The molecule has 2 aromatic heterocycles. The van der Waals surface area contributed by atoms with Crippen LogP contribution in [0.15, 0.2) is 46.4 Å². The van der Waals surface area contributed by atoms with E-state index in [1.54, 1.807) is 17.5 Å². The van der Waals surface area contributed by atoms with Gasteiger partial charge in [-0.05, 0) is 55.2 Å². The number of thiazole rings is 1. The summed E-state index contributed by atoms with van der Waals surface area (Å²) in [6.07, 6.45) is 1.52. The lowest BCUT2D eigenvalue weighted by Crippen LogP contribution is -2.40. The number of hydrogen-bond donors (Lipinski definition) is 2. The van der Waals surface area contributed by atoms with Crippen LogP contribution in [0.25, 0.3) is 0 Å². The van der Waals surface area contributed by atoms with E-state index in [2.05, 4.69) is 15.6 Å². The average Bonchev–Trinajstić information content (AvgIpc) is 3.42. The van der Waals surface area contributed by atoms with Gasteiger partial charge in [-0.25, -0.2) is 4.98 Å². The smallest absolute Gasteiger partial charge is 0.290 e. The van der Waals surface area contributed by atoms with Crippen LogP contribution in [0.3, 0.4) is 0 Å². The van der Waals surface area contributed by atoms with Gasteiger partial charge in [-0.2, -0.15) is 0 Å². The molecule has 2 heterocycles. The first-order valence-corrected chi connectivity index (χ1v) is 11.5. The van der Waals surface area contributed by atoms with E-state index in [0.29, 0.717) is 17.4 Å². The van der Waals surface area contributed by atoms with E-state index in [1.165, 1.54) is 22.5 Å². The van der Waals surface area contributed by atoms with Crippen LogP contribution in [0.4, 0.5) is 10.8 Å². The van der Waals surface area contributed by atoms with Crippen LogP contribution < -0.4 is 10.6 Å². The van der Waals surface area contributed by atoms with Gasteiger partial charge in [-0.15, -0.1) is 11.3 Å². The van der Waals surface area contributed by atoms with E-state index in [4.69, 9.17) is 4.42 Å². The van der Waals surface area contributed by atoms with Crippen molar-refractivity contribution >= 4 is 39.9 Å². The van der Waals surface area contributed by atoms with Gasteiger partial charge in [0.15, 0.2) is 10.9 Å². The Bertz CT molecular complexity index is 1120. The molecule has 0 aliphatic rings. The number of aromatic nitrogens is 1. The van der Waals surface area contributed by atoms with Gasteiger partial charge in [0.2, 0.25) is 11.8 Å². The maximum Gasteiger partial charge on any atom is 0.290 e. The van der Waals surface area contributed by atoms with Gasteiger partial charge in [0.1, 0.15) is 6.54 Å². The average molecular weight is 469 g/mol. The molecule has 1 aromatic carbocycles. The SMILES string of the molecule is Cc1ccc(NC(=O)Cc2csc(NC(=O)CN(CC(C)C)C(=O)c3ccco3)n2)cc1C. The molecule has 0 aliphatic carbocycles. The second-order valence-electron chi connectivity index (χ2n) is 8.27. The zero-order valence-electron chi connectivity index (χ0n) is 19.2. The molecule has 0 aliphatic heterocycles. The first-order valence-electron chi connectivity index (χ1n) is 10.7. The van der Waals surface area contributed by atoms with E-state index in [0.717, 1.165) is 16.8 Å². The number of nitrogens with zero attached hydrogens (tertiary/aromatic N) is 2. The molecule has 0 radical (unpaired) electrons. The summed E-state index contributed by atoms with van der Waals surface area (Å²) in [5.41, 5.74) is 3.55. The Hall–Kier alpha value is -3.46.